The van der Waals surface area contributed by atoms with E-state index in [1.54, 1.807) is 18.2 Å². The van der Waals surface area contributed by atoms with Gasteiger partial charge < -0.3 is 29.9 Å². The maximum atomic E-state index is 15.2. The second-order valence-electron chi connectivity index (χ2n) is 12.8. The van der Waals surface area contributed by atoms with E-state index in [1.165, 1.54) is 11.2 Å². The molecule has 2 aromatic carbocycles. The summed E-state index contributed by atoms with van der Waals surface area (Å²) in [5, 5.41) is 15.8. The van der Waals surface area contributed by atoms with E-state index in [2.05, 4.69) is 60.5 Å². The summed E-state index contributed by atoms with van der Waals surface area (Å²) in [7, 11) is 0. The summed E-state index contributed by atoms with van der Waals surface area (Å²) >= 11 is 0. The van der Waals surface area contributed by atoms with Crippen LogP contribution in [0, 0.1) is 11.3 Å². The zero-order chi connectivity index (χ0) is 33.2. The first kappa shape index (κ1) is 31.7. The van der Waals surface area contributed by atoms with Crippen LogP contribution in [0.5, 0.6) is 5.75 Å². The number of aromatic nitrogens is 3. The normalized spacial score (nSPS) is 24.8. The molecular weight excluding hydrogens is 617 g/mol. The van der Waals surface area contributed by atoms with Crippen molar-refractivity contribution in [2.45, 2.75) is 56.6 Å². The van der Waals surface area contributed by atoms with E-state index in [4.69, 9.17) is 9.47 Å². The summed E-state index contributed by atoms with van der Waals surface area (Å²) < 4.78 is 26.5. The van der Waals surface area contributed by atoms with Crippen molar-refractivity contribution in [3.8, 4) is 23.2 Å². The van der Waals surface area contributed by atoms with E-state index in [9.17, 15) is 14.9 Å². The smallest absolute Gasteiger partial charge is 0.245 e. The first-order valence-electron chi connectivity index (χ1n) is 16.4. The SMILES string of the molecule is C[C@H]1CN(C2COC2)CCN1c1ccc(Nc2ncnc(-c3ccc(O[C@H]4CCN(C(=O)[C@@H]5CCC(=O)N5)C[C@H]4F)c(C#N)c3)n2)cc1. The molecule has 0 unspecified atom stereocenters. The van der Waals surface area contributed by atoms with Gasteiger partial charge in [0.1, 0.15) is 30.3 Å². The Balaban J connectivity index is 0.964. The Bertz CT molecular complexity index is 1700. The number of hydrogen-bond acceptors (Lipinski definition) is 11. The number of nitriles is 1. The molecule has 48 heavy (non-hydrogen) atoms. The van der Waals surface area contributed by atoms with E-state index >= 15 is 4.39 Å². The summed E-state index contributed by atoms with van der Waals surface area (Å²) in [6.07, 6.45) is 0.120. The minimum Gasteiger partial charge on any atom is -0.486 e. The Morgan fingerprint density at radius 2 is 1.94 bits per heavy atom. The maximum Gasteiger partial charge on any atom is 0.245 e. The van der Waals surface area contributed by atoms with Crippen LogP contribution >= 0.6 is 0 Å². The van der Waals surface area contributed by atoms with E-state index in [-0.39, 0.29) is 36.1 Å². The standard InChI is InChI=1S/C34H38FN9O4/c1-21-16-42(26-18-47-19-26)12-13-44(21)25-5-3-24(4-6-25)39-34-38-20-37-32(41-34)22-2-8-29(23(14-22)15-36)48-30-10-11-43(17-27(30)35)33(46)28-7-9-31(45)40-28/h2-6,8,14,20-21,26-28,30H,7,9-13,16-19H2,1H3,(H,40,45)(H,37,38,39,41)/t21-,27+,28-,30-/m0/s1. The van der Waals surface area contributed by atoms with Crippen molar-refractivity contribution in [1.29, 1.82) is 5.26 Å². The number of ether oxygens (including phenoxy) is 2. The van der Waals surface area contributed by atoms with E-state index in [0.717, 1.165) is 44.2 Å². The number of carbonyl (C=O) groups is 2. The third-order valence-electron chi connectivity index (χ3n) is 9.55. The van der Waals surface area contributed by atoms with Crippen LogP contribution in [0.1, 0.15) is 31.7 Å². The number of alkyl halides is 1. The fraction of sp³-hybridized carbons (Fsp3) is 0.471. The largest absolute Gasteiger partial charge is 0.486 e. The minimum absolute atomic E-state index is 0.133. The third kappa shape index (κ3) is 6.74. The molecule has 0 spiro atoms. The first-order valence-corrected chi connectivity index (χ1v) is 16.4. The number of piperazine rings is 1. The molecule has 0 saturated carbocycles. The summed E-state index contributed by atoms with van der Waals surface area (Å²) in [5.74, 6) is 0.532. The Kier molecular flexibility index (Phi) is 9.05. The molecule has 1 aromatic heterocycles. The Morgan fingerprint density at radius 1 is 1.10 bits per heavy atom. The molecule has 2 amide bonds. The Morgan fingerprint density at radius 3 is 2.62 bits per heavy atom. The number of carbonyl (C=O) groups excluding carboxylic acids is 2. The van der Waals surface area contributed by atoms with Gasteiger partial charge in [-0.25, -0.2) is 14.4 Å². The van der Waals surface area contributed by atoms with Crippen molar-refractivity contribution in [3.05, 3.63) is 54.4 Å². The molecule has 3 aromatic rings. The van der Waals surface area contributed by atoms with Crippen molar-refractivity contribution >= 4 is 29.1 Å². The number of nitrogens with one attached hydrogen (secondary N) is 2. The second kappa shape index (κ2) is 13.7. The van der Waals surface area contributed by atoms with Gasteiger partial charge in [-0.2, -0.15) is 10.2 Å². The molecule has 5 heterocycles. The molecule has 0 bridgehead atoms. The molecule has 14 heteroatoms. The quantitative estimate of drug-likeness (QED) is 0.369. The van der Waals surface area contributed by atoms with Crippen LogP contribution < -0.4 is 20.3 Å². The number of hydrogen-bond donors (Lipinski definition) is 2. The molecule has 4 atom stereocenters. The molecule has 0 radical (unpaired) electrons. The second-order valence-corrected chi connectivity index (χ2v) is 12.8. The van der Waals surface area contributed by atoms with E-state index in [0.29, 0.717) is 48.8 Å². The molecule has 4 saturated heterocycles. The van der Waals surface area contributed by atoms with Crippen LogP contribution in [0.3, 0.4) is 0 Å². The van der Waals surface area contributed by atoms with Gasteiger partial charge in [-0.05, 0) is 55.8 Å². The average Bonchev–Trinajstić information content (AvgIpc) is 3.51. The van der Waals surface area contributed by atoms with Crippen molar-refractivity contribution in [2.75, 3.05) is 56.2 Å². The predicted molar refractivity (Wildman–Crippen MR) is 174 cm³/mol. The molecule has 7 rings (SSSR count). The monoisotopic (exact) mass is 655 g/mol. The van der Waals surface area contributed by atoms with Gasteiger partial charge in [0.15, 0.2) is 12.0 Å². The van der Waals surface area contributed by atoms with Gasteiger partial charge in [0.05, 0.1) is 31.4 Å². The van der Waals surface area contributed by atoms with Gasteiger partial charge in [0, 0.05) is 62.0 Å². The topological polar surface area (TPSA) is 149 Å². The maximum absolute atomic E-state index is 15.2. The molecule has 13 nitrogen and oxygen atoms in total. The lowest BCUT2D eigenvalue weighted by molar-refractivity contribution is -0.138. The van der Waals surface area contributed by atoms with Gasteiger partial charge in [-0.1, -0.05) is 0 Å². The zero-order valence-corrected chi connectivity index (χ0v) is 26.7. The molecule has 2 N–H and O–H groups in total. The lowest BCUT2D eigenvalue weighted by Crippen LogP contribution is -2.59. The third-order valence-corrected chi connectivity index (χ3v) is 9.55. The number of nitrogens with zero attached hydrogens (tertiary/aromatic N) is 7. The van der Waals surface area contributed by atoms with Crippen LogP contribution in [0.15, 0.2) is 48.8 Å². The fourth-order valence-electron chi connectivity index (χ4n) is 6.75. The molecule has 4 aliphatic heterocycles. The number of anilines is 3. The van der Waals surface area contributed by atoms with Gasteiger partial charge in [0.2, 0.25) is 17.8 Å². The number of halogens is 1. The van der Waals surface area contributed by atoms with E-state index < -0.39 is 18.3 Å². The number of piperidine rings is 1. The van der Waals surface area contributed by atoms with Crippen LogP contribution in [0.25, 0.3) is 11.4 Å². The fourth-order valence-corrected chi connectivity index (χ4v) is 6.75. The highest BCUT2D eigenvalue weighted by atomic mass is 19.1. The van der Waals surface area contributed by atoms with Crippen molar-refractivity contribution in [2.24, 2.45) is 0 Å². The van der Waals surface area contributed by atoms with Crippen molar-refractivity contribution in [3.63, 3.8) is 0 Å². The summed E-state index contributed by atoms with van der Waals surface area (Å²) in [6.45, 7) is 7.09. The number of benzene rings is 2. The average molecular weight is 656 g/mol. The molecule has 4 aliphatic rings. The summed E-state index contributed by atoms with van der Waals surface area (Å²) in [4.78, 5) is 43.7. The van der Waals surface area contributed by atoms with Gasteiger partial charge in [-0.3, -0.25) is 14.5 Å². The van der Waals surface area contributed by atoms with E-state index in [1.807, 2.05) is 12.1 Å². The summed E-state index contributed by atoms with van der Waals surface area (Å²) in [5.41, 5.74) is 2.79. The molecular formula is C34H38FN9O4. The van der Waals surface area contributed by atoms with Crippen LogP contribution in [-0.2, 0) is 14.3 Å². The number of rotatable bonds is 8. The van der Waals surface area contributed by atoms with Crippen molar-refractivity contribution < 1.29 is 23.5 Å². The molecule has 0 aliphatic carbocycles. The lowest BCUT2D eigenvalue weighted by Gasteiger charge is -2.46. The summed E-state index contributed by atoms with van der Waals surface area (Å²) in [6, 6.07) is 15.6. The van der Waals surface area contributed by atoms with Gasteiger partial charge in [0.25, 0.3) is 0 Å². The highest BCUT2D eigenvalue weighted by Gasteiger charge is 2.38. The molecule has 250 valence electrons. The lowest BCUT2D eigenvalue weighted by atomic mass is 10.0. The Labute approximate surface area is 278 Å². The van der Waals surface area contributed by atoms with Crippen LogP contribution in [0.4, 0.5) is 21.7 Å². The predicted octanol–water partition coefficient (Wildman–Crippen LogP) is 2.66. The van der Waals surface area contributed by atoms with Crippen molar-refractivity contribution in [1.82, 2.24) is 30.1 Å². The van der Waals surface area contributed by atoms with Crippen LogP contribution in [-0.4, -0.2) is 113 Å². The van der Waals surface area contributed by atoms with Gasteiger partial charge in [-0.15, -0.1) is 0 Å². The highest BCUT2D eigenvalue weighted by molar-refractivity contribution is 5.90. The van der Waals surface area contributed by atoms with Gasteiger partial charge >= 0.3 is 0 Å². The van der Waals surface area contributed by atoms with Crippen LogP contribution in [0.2, 0.25) is 0 Å². The highest BCUT2D eigenvalue weighted by Crippen LogP contribution is 2.30. The minimum atomic E-state index is -1.45. The number of likely N-dealkylation sites (tertiary alicyclic amines) is 1. The zero-order valence-electron chi connectivity index (χ0n) is 26.7. The Hall–Kier alpha value is -4.87. The first-order chi connectivity index (χ1) is 23.3. The molecule has 4 fully saturated rings. The number of amides is 2.